The van der Waals surface area contributed by atoms with Crippen molar-refractivity contribution in [2.75, 3.05) is 12.0 Å². The van der Waals surface area contributed by atoms with E-state index < -0.39 is 41.1 Å². The monoisotopic (exact) mass is 280 g/mol. The number of aliphatic carboxylic acids is 2. The minimum absolute atomic E-state index is 0.0945. The number of rotatable bonds is 8. The molecular formula is C9H16N2O6S. The number of hydrogen-bond donors (Lipinski definition) is 4. The molecule has 0 aromatic heterocycles. The van der Waals surface area contributed by atoms with Gasteiger partial charge in [0.1, 0.15) is 11.8 Å². The molecule has 0 aliphatic carbocycles. The quantitative estimate of drug-likeness (QED) is 0.380. The average molecular weight is 280 g/mol. The van der Waals surface area contributed by atoms with Gasteiger partial charge in [-0.25, -0.2) is 4.79 Å². The Morgan fingerprint density at radius 2 is 1.89 bits per heavy atom. The predicted octanol–water partition coefficient (Wildman–Crippen LogP) is -1.87. The van der Waals surface area contributed by atoms with Gasteiger partial charge in [-0.15, -0.1) is 0 Å². The predicted molar refractivity (Wildman–Crippen MR) is 63.3 cm³/mol. The van der Waals surface area contributed by atoms with Crippen molar-refractivity contribution in [1.29, 1.82) is 0 Å². The van der Waals surface area contributed by atoms with Crippen molar-refractivity contribution < 1.29 is 29.1 Å². The molecule has 2 unspecified atom stereocenters. The molecule has 5 N–H and O–H groups in total. The van der Waals surface area contributed by atoms with Gasteiger partial charge in [0.15, 0.2) is 6.04 Å². The van der Waals surface area contributed by atoms with Gasteiger partial charge in [-0.2, -0.15) is 0 Å². The molecule has 0 aromatic rings. The van der Waals surface area contributed by atoms with Crippen LogP contribution in [-0.4, -0.2) is 56.7 Å². The highest BCUT2D eigenvalue weighted by Gasteiger charge is 2.24. The van der Waals surface area contributed by atoms with Crippen LogP contribution < -0.4 is 11.1 Å². The zero-order valence-electron chi connectivity index (χ0n) is 9.79. The standard InChI is InChI=1S/C9H16N2O6S/c1-18(17)4-6(9(15)16)11-7(12)3-2-5(10)8(13)14/h5-6H,2-4,10H2,1H3,(H,11,12)(H,13,14)(H,15,16)/t5?,6-,18?/m0/s1. The lowest BCUT2D eigenvalue weighted by atomic mass is 10.1. The Kier molecular flexibility index (Phi) is 7.32. The summed E-state index contributed by atoms with van der Waals surface area (Å²) >= 11 is -1.37. The second-order valence-corrected chi connectivity index (χ2v) is 5.16. The molecular weight excluding hydrogens is 264 g/mol. The summed E-state index contributed by atoms with van der Waals surface area (Å²) in [5.74, 6) is -3.36. The summed E-state index contributed by atoms with van der Waals surface area (Å²) in [7, 11) is 0. The fourth-order valence-corrected chi connectivity index (χ4v) is 1.78. The van der Waals surface area contributed by atoms with Crippen LogP contribution in [0.25, 0.3) is 0 Å². The van der Waals surface area contributed by atoms with Crippen molar-refractivity contribution in [3.63, 3.8) is 0 Å². The number of nitrogens with two attached hydrogens (primary N) is 1. The van der Waals surface area contributed by atoms with E-state index in [2.05, 4.69) is 5.32 Å². The third-order valence-electron chi connectivity index (χ3n) is 2.03. The van der Waals surface area contributed by atoms with E-state index in [-0.39, 0.29) is 18.6 Å². The molecule has 0 radical (unpaired) electrons. The number of nitrogens with one attached hydrogen (secondary N) is 1. The van der Waals surface area contributed by atoms with Crippen LogP contribution in [0.2, 0.25) is 0 Å². The van der Waals surface area contributed by atoms with Crippen LogP contribution >= 0.6 is 0 Å². The molecule has 8 nitrogen and oxygen atoms in total. The first-order valence-corrected chi connectivity index (χ1v) is 6.77. The Hall–Kier alpha value is -1.32. The molecule has 3 atom stereocenters. The van der Waals surface area contributed by atoms with Crippen LogP contribution in [0.3, 0.4) is 0 Å². The lowest BCUT2D eigenvalue weighted by Crippen LogP contribution is -2.45. The van der Waals surface area contributed by atoms with Crippen molar-refractivity contribution in [1.82, 2.24) is 5.32 Å². The van der Waals surface area contributed by atoms with E-state index in [0.29, 0.717) is 0 Å². The summed E-state index contributed by atoms with van der Waals surface area (Å²) in [5.41, 5.74) is 5.19. The van der Waals surface area contributed by atoms with Gasteiger partial charge < -0.3 is 25.8 Å². The molecule has 0 aromatic carbocycles. The van der Waals surface area contributed by atoms with Gasteiger partial charge in [0.25, 0.3) is 0 Å². The number of carbonyl (C=O) groups is 3. The van der Waals surface area contributed by atoms with Crippen molar-refractivity contribution in [2.24, 2.45) is 5.73 Å². The molecule has 1 amide bonds. The summed E-state index contributed by atoms with van der Waals surface area (Å²) < 4.78 is 10.9. The van der Waals surface area contributed by atoms with Gasteiger partial charge in [-0.1, -0.05) is 11.2 Å². The zero-order chi connectivity index (χ0) is 14.3. The number of carboxylic acids is 2. The van der Waals surface area contributed by atoms with Crippen LogP contribution in [0.1, 0.15) is 12.8 Å². The first-order chi connectivity index (χ1) is 8.23. The Balaban J connectivity index is 4.18. The second-order valence-electron chi connectivity index (χ2n) is 3.68. The van der Waals surface area contributed by atoms with Crippen LogP contribution in [0, 0.1) is 0 Å². The number of carbonyl (C=O) groups excluding carboxylic acids is 1. The number of amides is 1. The van der Waals surface area contributed by atoms with E-state index >= 15 is 0 Å². The molecule has 18 heavy (non-hydrogen) atoms. The highest BCUT2D eigenvalue weighted by Crippen LogP contribution is 1.98. The first-order valence-electron chi connectivity index (χ1n) is 5.04. The smallest absolute Gasteiger partial charge is 0.331 e. The van der Waals surface area contributed by atoms with E-state index in [1.165, 1.54) is 6.26 Å². The molecule has 0 saturated carbocycles. The molecule has 0 heterocycles. The minimum Gasteiger partial charge on any atom is -0.616 e. The molecule has 0 saturated heterocycles. The van der Waals surface area contributed by atoms with E-state index in [1.807, 2.05) is 0 Å². The largest absolute Gasteiger partial charge is 0.616 e. The van der Waals surface area contributed by atoms with E-state index in [1.54, 1.807) is 0 Å². The fourth-order valence-electron chi connectivity index (χ4n) is 1.09. The van der Waals surface area contributed by atoms with Gasteiger partial charge in [0.2, 0.25) is 5.91 Å². The molecule has 104 valence electrons. The SMILES string of the molecule is C[S+]([O-])C[C@H](NC(=O)CCC(N)C(=O)O)C(=O)O. The van der Waals surface area contributed by atoms with Gasteiger partial charge in [-0.3, -0.25) is 9.59 Å². The lowest BCUT2D eigenvalue weighted by molar-refractivity contribution is -0.141. The van der Waals surface area contributed by atoms with Crippen LogP contribution in [-0.2, 0) is 25.6 Å². The summed E-state index contributed by atoms with van der Waals surface area (Å²) in [4.78, 5) is 32.5. The molecule has 0 rings (SSSR count). The van der Waals surface area contributed by atoms with Gasteiger partial charge in [0.05, 0.1) is 6.26 Å². The van der Waals surface area contributed by atoms with Crippen molar-refractivity contribution in [3.8, 4) is 0 Å². The molecule has 0 aliphatic rings. The van der Waals surface area contributed by atoms with Gasteiger partial charge >= 0.3 is 11.9 Å². The van der Waals surface area contributed by atoms with E-state index in [9.17, 15) is 18.9 Å². The Morgan fingerprint density at radius 1 is 1.33 bits per heavy atom. The third kappa shape index (κ3) is 7.09. The normalized spacial score (nSPS) is 15.5. The van der Waals surface area contributed by atoms with Crippen LogP contribution in [0.4, 0.5) is 0 Å². The van der Waals surface area contributed by atoms with Crippen LogP contribution in [0.15, 0.2) is 0 Å². The topological polar surface area (TPSA) is 153 Å². The summed E-state index contributed by atoms with van der Waals surface area (Å²) in [6.45, 7) is 0. The Bertz CT molecular complexity index is 322. The number of hydrogen-bond acceptors (Lipinski definition) is 5. The van der Waals surface area contributed by atoms with Crippen LogP contribution in [0.5, 0.6) is 0 Å². The molecule has 0 bridgehead atoms. The maximum atomic E-state index is 11.3. The van der Waals surface area contributed by atoms with Gasteiger partial charge in [0, 0.05) is 6.42 Å². The highest BCUT2D eigenvalue weighted by atomic mass is 32.2. The van der Waals surface area contributed by atoms with E-state index in [4.69, 9.17) is 15.9 Å². The fraction of sp³-hybridized carbons (Fsp3) is 0.667. The first kappa shape index (κ1) is 16.7. The van der Waals surface area contributed by atoms with E-state index in [0.717, 1.165) is 0 Å². The van der Waals surface area contributed by atoms with Crippen molar-refractivity contribution in [3.05, 3.63) is 0 Å². The second kappa shape index (κ2) is 7.90. The highest BCUT2D eigenvalue weighted by molar-refractivity contribution is 7.90. The molecule has 0 aliphatic heterocycles. The zero-order valence-corrected chi connectivity index (χ0v) is 10.6. The van der Waals surface area contributed by atoms with Crippen molar-refractivity contribution >= 4 is 29.0 Å². The Labute approximate surface area is 107 Å². The third-order valence-corrected chi connectivity index (χ3v) is 2.84. The average Bonchev–Trinajstić information content (AvgIpc) is 2.23. The Morgan fingerprint density at radius 3 is 2.28 bits per heavy atom. The number of carboxylic acid groups (broad SMARTS) is 2. The lowest BCUT2D eigenvalue weighted by Gasteiger charge is -2.15. The molecule has 9 heteroatoms. The minimum atomic E-state index is -1.37. The molecule has 0 spiro atoms. The van der Waals surface area contributed by atoms with Crippen molar-refractivity contribution in [2.45, 2.75) is 24.9 Å². The maximum Gasteiger partial charge on any atom is 0.331 e. The van der Waals surface area contributed by atoms with Gasteiger partial charge in [-0.05, 0) is 6.42 Å². The molecule has 0 fully saturated rings. The summed E-state index contributed by atoms with van der Waals surface area (Å²) in [6.07, 6.45) is 1.03. The summed E-state index contributed by atoms with van der Waals surface area (Å²) in [5, 5.41) is 19.4. The maximum absolute atomic E-state index is 11.3. The summed E-state index contributed by atoms with van der Waals surface area (Å²) in [6, 6.07) is -2.41.